The van der Waals surface area contributed by atoms with E-state index in [1.165, 1.54) is 5.56 Å². The van der Waals surface area contributed by atoms with Gasteiger partial charge in [0.15, 0.2) is 0 Å². The fraction of sp³-hybridized carbons (Fsp3) is 0.227. The van der Waals surface area contributed by atoms with Crippen molar-refractivity contribution in [3.05, 3.63) is 90.3 Å². The van der Waals surface area contributed by atoms with Crippen molar-refractivity contribution in [2.75, 3.05) is 13.1 Å². The van der Waals surface area contributed by atoms with Crippen LogP contribution in [-0.2, 0) is 6.54 Å². The summed E-state index contributed by atoms with van der Waals surface area (Å²) >= 11 is 0. The first-order chi connectivity index (χ1) is 12.8. The van der Waals surface area contributed by atoms with Crippen molar-refractivity contribution >= 4 is 5.91 Å². The summed E-state index contributed by atoms with van der Waals surface area (Å²) in [6.07, 6.45) is 4.99. The molecular formula is C22H23N3O. The summed E-state index contributed by atoms with van der Waals surface area (Å²) in [6.45, 7) is 2.87. The highest BCUT2D eigenvalue weighted by molar-refractivity contribution is 5.94. The van der Waals surface area contributed by atoms with E-state index in [0.29, 0.717) is 5.56 Å². The first-order valence-corrected chi connectivity index (χ1v) is 9.08. The van der Waals surface area contributed by atoms with Gasteiger partial charge in [-0.3, -0.25) is 9.69 Å². The van der Waals surface area contributed by atoms with E-state index in [1.807, 2.05) is 59.4 Å². The number of hydrogen-bond donors (Lipinski definition) is 1. The Labute approximate surface area is 154 Å². The molecule has 2 heterocycles. The van der Waals surface area contributed by atoms with Crippen molar-refractivity contribution in [2.45, 2.75) is 19.0 Å². The van der Waals surface area contributed by atoms with Crippen molar-refractivity contribution in [2.24, 2.45) is 0 Å². The maximum atomic E-state index is 12.5. The van der Waals surface area contributed by atoms with Crippen molar-refractivity contribution in [1.29, 1.82) is 0 Å². The Morgan fingerprint density at radius 3 is 2.42 bits per heavy atom. The predicted molar refractivity (Wildman–Crippen MR) is 103 cm³/mol. The average Bonchev–Trinajstić information content (AvgIpc) is 3.35. The monoisotopic (exact) mass is 345 g/mol. The summed E-state index contributed by atoms with van der Waals surface area (Å²) in [5, 5.41) is 3.18. The number of amides is 1. The lowest BCUT2D eigenvalue weighted by Gasteiger charge is -2.17. The molecule has 1 aliphatic rings. The molecule has 4 nitrogen and oxygen atoms in total. The average molecular weight is 345 g/mol. The van der Waals surface area contributed by atoms with Crippen LogP contribution < -0.4 is 5.32 Å². The number of hydrogen-bond acceptors (Lipinski definition) is 2. The van der Waals surface area contributed by atoms with Gasteiger partial charge in [-0.1, -0.05) is 30.3 Å². The van der Waals surface area contributed by atoms with E-state index in [0.717, 1.165) is 31.7 Å². The number of aromatic nitrogens is 1. The van der Waals surface area contributed by atoms with E-state index in [-0.39, 0.29) is 11.9 Å². The number of rotatable bonds is 5. The maximum Gasteiger partial charge on any atom is 0.251 e. The fourth-order valence-electron chi connectivity index (χ4n) is 3.50. The van der Waals surface area contributed by atoms with Gasteiger partial charge in [0.1, 0.15) is 0 Å². The van der Waals surface area contributed by atoms with E-state index < -0.39 is 0 Å². The van der Waals surface area contributed by atoms with Crippen LogP contribution in [0.5, 0.6) is 0 Å². The molecule has 1 aromatic heterocycles. The molecule has 26 heavy (non-hydrogen) atoms. The Morgan fingerprint density at radius 2 is 1.69 bits per heavy atom. The Balaban J connectivity index is 1.32. The molecule has 0 spiro atoms. The Hall–Kier alpha value is -2.85. The van der Waals surface area contributed by atoms with Crippen LogP contribution in [0.15, 0.2) is 79.1 Å². The second kappa shape index (κ2) is 7.58. The van der Waals surface area contributed by atoms with Crippen LogP contribution >= 0.6 is 0 Å². The lowest BCUT2D eigenvalue weighted by Crippen LogP contribution is -2.36. The summed E-state index contributed by atoms with van der Waals surface area (Å²) in [4.78, 5) is 14.9. The number of likely N-dealkylation sites (tertiary alicyclic amines) is 1. The Morgan fingerprint density at radius 1 is 0.962 bits per heavy atom. The van der Waals surface area contributed by atoms with Gasteiger partial charge in [0.05, 0.1) is 0 Å². The van der Waals surface area contributed by atoms with Crippen LogP contribution in [0, 0.1) is 0 Å². The Kier molecular flexibility index (Phi) is 4.84. The Bertz CT molecular complexity index is 841. The van der Waals surface area contributed by atoms with E-state index >= 15 is 0 Å². The zero-order valence-electron chi connectivity index (χ0n) is 14.7. The molecule has 4 heteroatoms. The van der Waals surface area contributed by atoms with Gasteiger partial charge < -0.3 is 9.88 Å². The normalized spacial score (nSPS) is 17.3. The molecule has 1 aliphatic heterocycles. The summed E-state index contributed by atoms with van der Waals surface area (Å²) in [7, 11) is 0. The molecule has 4 rings (SSSR count). The van der Waals surface area contributed by atoms with Gasteiger partial charge in [-0.05, 0) is 48.4 Å². The molecule has 0 bridgehead atoms. The predicted octanol–water partition coefficient (Wildman–Crippen LogP) is 3.48. The first kappa shape index (κ1) is 16.6. The molecule has 1 N–H and O–H groups in total. The summed E-state index contributed by atoms with van der Waals surface area (Å²) in [6, 6.07) is 22.4. The summed E-state index contributed by atoms with van der Waals surface area (Å²) in [5.41, 5.74) is 3.09. The van der Waals surface area contributed by atoms with Crippen LogP contribution in [0.1, 0.15) is 22.3 Å². The second-order valence-electron chi connectivity index (χ2n) is 6.82. The third-order valence-corrected chi connectivity index (χ3v) is 4.89. The van der Waals surface area contributed by atoms with Gasteiger partial charge in [-0.15, -0.1) is 0 Å². The van der Waals surface area contributed by atoms with Crippen LogP contribution in [0.2, 0.25) is 0 Å². The third-order valence-electron chi connectivity index (χ3n) is 4.89. The molecule has 1 amide bonds. The van der Waals surface area contributed by atoms with Crippen molar-refractivity contribution in [1.82, 2.24) is 14.8 Å². The minimum atomic E-state index is 0.00983. The van der Waals surface area contributed by atoms with Gasteiger partial charge in [0.25, 0.3) is 5.91 Å². The largest absolute Gasteiger partial charge is 0.348 e. The molecule has 1 atom stereocenters. The molecular weight excluding hydrogens is 322 g/mol. The molecule has 0 radical (unpaired) electrons. The van der Waals surface area contributed by atoms with Crippen molar-refractivity contribution in [3.63, 3.8) is 0 Å². The van der Waals surface area contributed by atoms with E-state index in [4.69, 9.17) is 0 Å². The first-order valence-electron chi connectivity index (χ1n) is 9.08. The van der Waals surface area contributed by atoms with Gasteiger partial charge in [0.2, 0.25) is 0 Å². The quantitative estimate of drug-likeness (QED) is 0.769. The summed E-state index contributed by atoms with van der Waals surface area (Å²) in [5.74, 6) is 0.00983. The van der Waals surface area contributed by atoms with Crippen LogP contribution in [-0.4, -0.2) is 34.5 Å². The lowest BCUT2D eigenvalue weighted by molar-refractivity contribution is 0.0937. The van der Waals surface area contributed by atoms with Crippen LogP contribution in [0.25, 0.3) is 5.69 Å². The SMILES string of the molecule is O=C(N[C@H]1CCN(Cc2ccccc2)C1)c1ccc(-n2cccc2)cc1. The van der Waals surface area contributed by atoms with Gasteiger partial charge >= 0.3 is 0 Å². The van der Waals surface area contributed by atoms with E-state index in [1.54, 1.807) is 0 Å². The topological polar surface area (TPSA) is 37.3 Å². The molecule has 3 aromatic rings. The van der Waals surface area contributed by atoms with Gasteiger partial charge in [-0.25, -0.2) is 0 Å². The zero-order chi connectivity index (χ0) is 17.8. The maximum absolute atomic E-state index is 12.5. The molecule has 1 fully saturated rings. The molecule has 0 unspecified atom stereocenters. The molecule has 0 aliphatic carbocycles. The molecule has 0 saturated carbocycles. The molecule has 2 aromatic carbocycles. The number of nitrogens with zero attached hydrogens (tertiary/aromatic N) is 2. The van der Waals surface area contributed by atoms with Crippen molar-refractivity contribution in [3.8, 4) is 5.69 Å². The highest BCUT2D eigenvalue weighted by Crippen LogP contribution is 2.15. The van der Waals surface area contributed by atoms with E-state index in [9.17, 15) is 4.79 Å². The van der Waals surface area contributed by atoms with Gasteiger partial charge in [0, 0.05) is 49.3 Å². The minimum Gasteiger partial charge on any atom is -0.348 e. The third kappa shape index (κ3) is 3.86. The number of carbonyl (C=O) groups excluding carboxylic acids is 1. The lowest BCUT2D eigenvalue weighted by atomic mass is 10.1. The molecule has 1 saturated heterocycles. The van der Waals surface area contributed by atoms with Crippen LogP contribution in [0.3, 0.4) is 0 Å². The molecule has 132 valence electrons. The highest BCUT2D eigenvalue weighted by atomic mass is 16.1. The van der Waals surface area contributed by atoms with Crippen molar-refractivity contribution < 1.29 is 4.79 Å². The minimum absolute atomic E-state index is 0.00983. The van der Waals surface area contributed by atoms with E-state index in [2.05, 4.69) is 34.5 Å². The zero-order valence-corrected chi connectivity index (χ0v) is 14.7. The summed E-state index contributed by atoms with van der Waals surface area (Å²) < 4.78 is 2.03. The van der Waals surface area contributed by atoms with Gasteiger partial charge in [-0.2, -0.15) is 0 Å². The standard InChI is InChI=1S/C22H23N3O/c26-22(19-8-10-21(11-9-19)25-13-4-5-14-25)23-20-12-15-24(17-20)16-18-6-2-1-3-7-18/h1-11,13-14,20H,12,15-17H2,(H,23,26)/t20-/m0/s1. The number of carbonyl (C=O) groups is 1. The second-order valence-corrected chi connectivity index (χ2v) is 6.82. The highest BCUT2D eigenvalue weighted by Gasteiger charge is 2.24. The smallest absolute Gasteiger partial charge is 0.251 e. The number of nitrogens with one attached hydrogen (secondary N) is 1. The van der Waals surface area contributed by atoms with Crippen LogP contribution in [0.4, 0.5) is 0 Å². The number of benzene rings is 2. The fourth-order valence-corrected chi connectivity index (χ4v) is 3.50.